The number of rotatable bonds is 7. The lowest BCUT2D eigenvalue weighted by Crippen LogP contribution is -2.53. The lowest BCUT2D eigenvalue weighted by molar-refractivity contribution is -0.192. The van der Waals surface area contributed by atoms with Crippen LogP contribution in [0.25, 0.3) is 0 Å². The highest BCUT2D eigenvalue weighted by Crippen LogP contribution is 2.50. The van der Waals surface area contributed by atoms with E-state index in [0.29, 0.717) is 11.7 Å². The molecule has 2 fully saturated rings. The number of carbonyl (C=O) groups is 2. The van der Waals surface area contributed by atoms with E-state index in [4.69, 9.17) is 19.4 Å². The predicted molar refractivity (Wildman–Crippen MR) is 146 cm³/mol. The van der Waals surface area contributed by atoms with E-state index in [2.05, 4.69) is 41.5 Å². The number of ether oxygens (including phenoxy) is 2. The van der Waals surface area contributed by atoms with Gasteiger partial charge in [-0.2, -0.15) is 13.2 Å². The van der Waals surface area contributed by atoms with Gasteiger partial charge < -0.3 is 25.2 Å². The number of fused-ring (bicyclic) bond motifs is 1. The Kier molecular flexibility index (Phi) is 10.6. The molecule has 1 aliphatic heterocycles. The first-order valence-electron chi connectivity index (χ1n) is 13.5. The van der Waals surface area contributed by atoms with Gasteiger partial charge in [-0.1, -0.05) is 19.9 Å². The Bertz CT molecular complexity index is 1260. The van der Waals surface area contributed by atoms with Crippen LogP contribution >= 0.6 is 0 Å². The molecular formula is C29H36F5N3O5. The molecule has 2 aromatic rings. The van der Waals surface area contributed by atoms with E-state index in [9.17, 15) is 26.7 Å². The number of aliphatic carboxylic acids is 1. The molecular weight excluding hydrogens is 565 g/mol. The molecule has 2 amide bonds. The van der Waals surface area contributed by atoms with Gasteiger partial charge in [0.2, 0.25) is 0 Å². The van der Waals surface area contributed by atoms with Crippen molar-refractivity contribution in [1.82, 2.24) is 10.2 Å². The molecule has 1 aliphatic carbocycles. The van der Waals surface area contributed by atoms with E-state index >= 15 is 0 Å². The fraction of sp³-hybridized carbons (Fsp3) is 0.517. The fourth-order valence-corrected chi connectivity index (χ4v) is 5.87. The van der Waals surface area contributed by atoms with Gasteiger partial charge >= 0.3 is 18.2 Å². The van der Waals surface area contributed by atoms with Crippen LogP contribution in [0.2, 0.25) is 0 Å². The van der Waals surface area contributed by atoms with Crippen molar-refractivity contribution in [1.29, 1.82) is 0 Å². The number of methoxy groups -OCH3 is 2. The number of carbonyl (C=O) groups excluding carboxylic acids is 1. The van der Waals surface area contributed by atoms with Gasteiger partial charge in [0.25, 0.3) is 0 Å². The number of nitrogens with zero attached hydrogens (tertiary/aromatic N) is 1. The molecule has 1 saturated carbocycles. The maximum Gasteiger partial charge on any atom is 0.490 e. The molecule has 2 aromatic carbocycles. The highest BCUT2D eigenvalue weighted by molar-refractivity contribution is 5.89. The van der Waals surface area contributed by atoms with Gasteiger partial charge in [0.05, 0.1) is 14.2 Å². The van der Waals surface area contributed by atoms with E-state index in [1.807, 2.05) is 6.07 Å². The molecule has 0 bridgehead atoms. The molecule has 0 radical (unpaired) electrons. The zero-order valence-corrected chi connectivity index (χ0v) is 23.9. The van der Waals surface area contributed by atoms with Gasteiger partial charge in [0.15, 0.2) is 23.1 Å². The van der Waals surface area contributed by atoms with Gasteiger partial charge in [0, 0.05) is 35.8 Å². The maximum atomic E-state index is 13.5. The van der Waals surface area contributed by atoms with E-state index in [-0.39, 0.29) is 23.2 Å². The molecule has 2 aliphatic rings. The molecule has 3 N–H and O–H groups in total. The molecule has 232 valence electrons. The maximum absolute atomic E-state index is 13.5. The third-order valence-electron chi connectivity index (χ3n) is 7.68. The molecule has 0 spiro atoms. The number of hydrogen-bond donors (Lipinski definition) is 3. The monoisotopic (exact) mass is 601 g/mol. The lowest BCUT2D eigenvalue weighted by Gasteiger charge is -2.46. The largest absolute Gasteiger partial charge is 0.493 e. The number of alkyl halides is 3. The Morgan fingerprint density at radius 2 is 1.71 bits per heavy atom. The van der Waals surface area contributed by atoms with Gasteiger partial charge in [-0.05, 0) is 68.0 Å². The highest BCUT2D eigenvalue weighted by Gasteiger charge is 2.51. The lowest BCUT2D eigenvalue weighted by atomic mass is 9.65. The smallest absolute Gasteiger partial charge is 0.490 e. The average Bonchev–Trinajstić information content (AvgIpc) is 3.28. The summed E-state index contributed by atoms with van der Waals surface area (Å²) in [6.07, 6.45) is -1.47. The summed E-state index contributed by atoms with van der Waals surface area (Å²) < 4.78 is 69.5. The van der Waals surface area contributed by atoms with Crippen molar-refractivity contribution in [2.45, 2.75) is 63.2 Å². The average molecular weight is 602 g/mol. The summed E-state index contributed by atoms with van der Waals surface area (Å²) in [5.41, 5.74) is 1.44. The number of benzene rings is 2. The van der Waals surface area contributed by atoms with Crippen molar-refractivity contribution >= 4 is 17.7 Å². The first kappa shape index (κ1) is 32.9. The summed E-state index contributed by atoms with van der Waals surface area (Å²) in [4.78, 5) is 24.1. The number of halogens is 5. The zero-order valence-electron chi connectivity index (χ0n) is 23.9. The quantitative estimate of drug-likeness (QED) is 0.339. The first-order chi connectivity index (χ1) is 19.7. The Balaban J connectivity index is 0.000000616. The number of nitrogens with one attached hydrogen (secondary N) is 2. The molecule has 0 aromatic heterocycles. The van der Waals surface area contributed by atoms with E-state index in [0.717, 1.165) is 56.7 Å². The Hall–Kier alpha value is -3.61. The number of carboxylic acids is 1. The van der Waals surface area contributed by atoms with Crippen LogP contribution in [0.3, 0.4) is 0 Å². The Morgan fingerprint density at radius 3 is 2.29 bits per heavy atom. The normalized spacial score (nSPS) is 22.0. The predicted octanol–water partition coefficient (Wildman–Crippen LogP) is 5.96. The summed E-state index contributed by atoms with van der Waals surface area (Å²) in [5.74, 6) is -2.72. The van der Waals surface area contributed by atoms with Crippen LogP contribution in [-0.2, 0) is 10.2 Å². The van der Waals surface area contributed by atoms with Crippen LogP contribution in [0.5, 0.6) is 11.5 Å². The van der Waals surface area contributed by atoms with Crippen molar-refractivity contribution in [2.75, 3.05) is 32.6 Å². The van der Waals surface area contributed by atoms with Crippen molar-refractivity contribution in [3.63, 3.8) is 0 Å². The second kappa shape index (κ2) is 13.6. The third-order valence-corrected chi connectivity index (χ3v) is 7.68. The topological polar surface area (TPSA) is 100 Å². The second-order valence-electron chi connectivity index (χ2n) is 10.9. The minimum atomic E-state index is -5.08. The van der Waals surface area contributed by atoms with Crippen LogP contribution in [0.1, 0.15) is 45.1 Å². The molecule has 3 atom stereocenters. The number of carboxylic acid groups (broad SMARTS) is 1. The van der Waals surface area contributed by atoms with Gasteiger partial charge in [-0.25, -0.2) is 18.4 Å². The SMILES string of the molecule is COc1ccc(C23CCC(NC(=O)Nc4ccc(F)c(F)c4)CC2N(CC(C)C)CC3)cc1OC.O=C(O)C(F)(F)F. The molecule has 1 heterocycles. The molecule has 42 heavy (non-hydrogen) atoms. The summed E-state index contributed by atoms with van der Waals surface area (Å²) >= 11 is 0. The minimum Gasteiger partial charge on any atom is -0.493 e. The van der Waals surface area contributed by atoms with Crippen LogP contribution in [0, 0.1) is 17.6 Å². The van der Waals surface area contributed by atoms with Crippen molar-refractivity contribution < 1.29 is 46.1 Å². The Labute approximate surface area is 241 Å². The standard InChI is InChI=1S/C27H35F2N3O3.C2HF3O2/c1-17(2)16-32-12-11-27(18-5-8-23(34-3)24(13-18)35-4)10-9-20(15-25(27)32)31-26(33)30-19-6-7-21(28)22(29)14-19;3-2(4,5)1(6)7/h5-8,13-14,17,20,25H,9-12,15-16H2,1-4H3,(H2,30,31,33);(H,6,7). The van der Waals surface area contributed by atoms with Gasteiger partial charge in [-0.3, -0.25) is 4.90 Å². The highest BCUT2D eigenvalue weighted by atomic mass is 19.4. The summed E-state index contributed by atoms with van der Waals surface area (Å²) in [5, 5.41) is 12.8. The zero-order chi connectivity index (χ0) is 31.2. The summed E-state index contributed by atoms with van der Waals surface area (Å²) in [6, 6.07) is 9.41. The molecule has 1 saturated heterocycles. The van der Waals surface area contributed by atoms with Crippen LogP contribution < -0.4 is 20.1 Å². The number of amides is 2. The molecule has 4 rings (SSSR count). The third kappa shape index (κ3) is 7.81. The fourth-order valence-electron chi connectivity index (χ4n) is 5.87. The number of anilines is 1. The van der Waals surface area contributed by atoms with Gasteiger partial charge in [0.1, 0.15) is 0 Å². The van der Waals surface area contributed by atoms with E-state index < -0.39 is 29.8 Å². The van der Waals surface area contributed by atoms with Crippen molar-refractivity contribution in [3.05, 3.63) is 53.6 Å². The second-order valence-corrected chi connectivity index (χ2v) is 10.9. The molecule has 8 nitrogen and oxygen atoms in total. The Morgan fingerprint density at radius 1 is 1.05 bits per heavy atom. The van der Waals surface area contributed by atoms with Crippen molar-refractivity contribution in [3.8, 4) is 11.5 Å². The first-order valence-corrected chi connectivity index (χ1v) is 13.5. The van der Waals surface area contributed by atoms with E-state index in [1.54, 1.807) is 14.2 Å². The summed E-state index contributed by atoms with van der Waals surface area (Å²) in [6.45, 7) is 6.45. The number of urea groups is 1. The summed E-state index contributed by atoms with van der Waals surface area (Å²) in [7, 11) is 3.30. The number of likely N-dealkylation sites (tertiary alicyclic amines) is 1. The van der Waals surface area contributed by atoms with E-state index in [1.165, 1.54) is 11.6 Å². The minimum absolute atomic E-state index is 0.0219. The van der Waals surface area contributed by atoms with Crippen LogP contribution in [0.15, 0.2) is 36.4 Å². The van der Waals surface area contributed by atoms with Crippen LogP contribution in [0.4, 0.5) is 32.4 Å². The number of hydrogen-bond acceptors (Lipinski definition) is 5. The van der Waals surface area contributed by atoms with Crippen LogP contribution in [-0.4, -0.2) is 67.6 Å². The molecule has 3 unspecified atom stereocenters. The van der Waals surface area contributed by atoms with Crippen molar-refractivity contribution in [2.24, 2.45) is 5.92 Å². The van der Waals surface area contributed by atoms with Gasteiger partial charge in [-0.15, -0.1) is 0 Å². The molecule has 13 heteroatoms.